The number of hydrogen-bond acceptors (Lipinski definition) is 5. The molecule has 8 heteroatoms. The number of rotatable bonds is 1. The minimum Gasteiger partial charge on any atom is -0.381 e. The standard InChI is InChI=1S/C15H21N5O3/c1-18-10-11(19(2)14(22)17-12(10)21)16-13(18)20-6-3-4-15(8-20)5-7-23-9-15/h3-9H2,1-2H3,(H,17,21,22)/t15-/m0/s1. The summed E-state index contributed by atoms with van der Waals surface area (Å²) < 4.78 is 8.79. The van der Waals surface area contributed by atoms with Crippen LogP contribution in [0.4, 0.5) is 5.95 Å². The van der Waals surface area contributed by atoms with Crippen LogP contribution in [0.25, 0.3) is 11.2 Å². The first-order valence-electron chi connectivity index (χ1n) is 7.99. The second kappa shape index (κ2) is 4.95. The highest BCUT2D eigenvalue weighted by Gasteiger charge is 2.40. The molecular weight excluding hydrogens is 298 g/mol. The van der Waals surface area contributed by atoms with Gasteiger partial charge in [-0.1, -0.05) is 0 Å². The van der Waals surface area contributed by atoms with Crippen molar-refractivity contribution in [3.8, 4) is 0 Å². The lowest BCUT2D eigenvalue weighted by atomic mass is 9.79. The van der Waals surface area contributed by atoms with Crippen molar-refractivity contribution in [2.24, 2.45) is 19.5 Å². The molecule has 8 nitrogen and oxygen atoms in total. The summed E-state index contributed by atoms with van der Waals surface area (Å²) in [5, 5.41) is 0. The molecule has 2 aliphatic rings. The molecule has 2 aliphatic heterocycles. The maximum atomic E-state index is 12.2. The summed E-state index contributed by atoms with van der Waals surface area (Å²) in [4.78, 5) is 33.1. The lowest BCUT2D eigenvalue weighted by molar-refractivity contribution is 0.139. The summed E-state index contributed by atoms with van der Waals surface area (Å²) in [5.41, 5.74) is 0.240. The molecule has 1 N–H and O–H groups in total. The summed E-state index contributed by atoms with van der Waals surface area (Å²) in [6.07, 6.45) is 3.33. The minimum absolute atomic E-state index is 0.203. The molecule has 0 saturated carbocycles. The van der Waals surface area contributed by atoms with Gasteiger partial charge in [-0.3, -0.25) is 14.3 Å². The van der Waals surface area contributed by atoms with Gasteiger partial charge in [0.2, 0.25) is 5.95 Å². The second-order valence-corrected chi connectivity index (χ2v) is 6.79. The van der Waals surface area contributed by atoms with Gasteiger partial charge in [0, 0.05) is 39.2 Å². The van der Waals surface area contributed by atoms with Gasteiger partial charge < -0.3 is 14.2 Å². The average Bonchev–Trinajstić information content (AvgIpc) is 3.10. The summed E-state index contributed by atoms with van der Waals surface area (Å²) in [5.74, 6) is 0.748. The summed E-state index contributed by atoms with van der Waals surface area (Å²) in [6, 6.07) is 0. The third-order valence-electron chi connectivity index (χ3n) is 5.24. The Morgan fingerprint density at radius 2 is 2.04 bits per heavy atom. The fraction of sp³-hybridized carbons (Fsp3) is 0.667. The van der Waals surface area contributed by atoms with Crippen molar-refractivity contribution in [2.45, 2.75) is 19.3 Å². The first kappa shape index (κ1) is 14.5. The van der Waals surface area contributed by atoms with Crippen LogP contribution in [-0.2, 0) is 18.8 Å². The molecule has 2 aromatic rings. The molecule has 1 atom stereocenters. The van der Waals surface area contributed by atoms with E-state index in [1.807, 2.05) is 7.05 Å². The molecule has 2 fully saturated rings. The maximum absolute atomic E-state index is 12.2. The topological polar surface area (TPSA) is 85.2 Å². The van der Waals surface area contributed by atoms with Crippen LogP contribution in [0.5, 0.6) is 0 Å². The van der Waals surface area contributed by atoms with E-state index < -0.39 is 5.69 Å². The number of hydrogen-bond donors (Lipinski definition) is 1. The van der Waals surface area contributed by atoms with Crippen molar-refractivity contribution < 1.29 is 4.74 Å². The summed E-state index contributed by atoms with van der Waals surface area (Å²) in [7, 11) is 3.46. The number of anilines is 1. The van der Waals surface area contributed by atoms with Gasteiger partial charge in [0.1, 0.15) is 0 Å². The lowest BCUT2D eigenvalue weighted by Crippen LogP contribution is -2.44. The van der Waals surface area contributed by atoms with E-state index in [2.05, 4.69) is 14.9 Å². The van der Waals surface area contributed by atoms with E-state index in [1.54, 1.807) is 11.6 Å². The Morgan fingerprint density at radius 3 is 2.78 bits per heavy atom. The van der Waals surface area contributed by atoms with Crippen LogP contribution in [0, 0.1) is 5.41 Å². The number of aryl methyl sites for hydroxylation is 2. The predicted molar refractivity (Wildman–Crippen MR) is 85.9 cm³/mol. The highest BCUT2D eigenvalue weighted by Crippen LogP contribution is 2.39. The van der Waals surface area contributed by atoms with Gasteiger partial charge in [-0.15, -0.1) is 0 Å². The first-order valence-corrected chi connectivity index (χ1v) is 7.99. The number of H-pyrrole nitrogens is 1. The van der Waals surface area contributed by atoms with Crippen molar-refractivity contribution in [1.29, 1.82) is 0 Å². The molecule has 0 aromatic carbocycles. The molecule has 0 amide bonds. The minimum atomic E-state index is -0.438. The van der Waals surface area contributed by atoms with Crippen molar-refractivity contribution in [3.05, 3.63) is 20.8 Å². The molecule has 124 valence electrons. The molecule has 2 aromatic heterocycles. The quantitative estimate of drug-likeness (QED) is 0.798. The van der Waals surface area contributed by atoms with E-state index in [9.17, 15) is 9.59 Å². The van der Waals surface area contributed by atoms with E-state index in [1.165, 1.54) is 11.0 Å². The Morgan fingerprint density at radius 1 is 1.22 bits per heavy atom. The van der Waals surface area contributed by atoms with Crippen molar-refractivity contribution in [3.63, 3.8) is 0 Å². The number of aromatic amines is 1. The molecule has 0 unspecified atom stereocenters. The maximum Gasteiger partial charge on any atom is 0.329 e. The highest BCUT2D eigenvalue weighted by molar-refractivity contribution is 5.74. The van der Waals surface area contributed by atoms with Crippen molar-refractivity contribution in [1.82, 2.24) is 19.1 Å². The Balaban J connectivity index is 1.81. The Labute approximate surface area is 132 Å². The van der Waals surface area contributed by atoms with Gasteiger partial charge in [0.15, 0.2) is 11.2 Å². The van der Waals surface area contributed by atoms with E-state index in [-0.39, 0.29) is 11.0 Å². The molecule has 0 bridgehead atoms. The van der Waals surface area contributed by atoms with Crippen LogP contribution < -0.4 is 16.1 Å². The zero-order valence-corrected chi connectivity index (χ0v) is 13.5. The number of nitrogens with zero attached hydrogens (tertiary/aromatic N) is 4. The third-order valence-corrected chi connectivity index (χ3v) is 5.24. The van der Waals surface area contributed by atoms with Gasteiger partial charge >= 0.3 is 5.69 Å². The van der Waals surface area contributed by atoms with Crippen LogP contribution in [0.1, 0.15) is 19.3 Å². The zero-order valence-electron chi connectivity index (χ0n) is 13.5. The summed E-state index contributed by atoms with van der Waals surface area (Å²) >= 11 is 0. The first-order chi connectivity index (χ1) is 11.0. The van der Waals surface area contributed by atoms with Crippen LogP contribution in [-0.4, -0.2) is 45.4 Å². The number of piperidine rings is 1. The molecule has 23 heavy (non-hydrogen) atoms. The van der Waals surface area contributed by atoms with Gasteiger partial charge in [-0.25, -0.2) is 4.79 Å². The molecule has 4 rings (SSSR count). The summed E-state index contributed by atoms with van der Waals surface area (Å²) in [6.45, 7) is 3.41. The SMILES string of the molecule is Cn1c(N2CCC[C@]3(CCOC3)C2)nc2c1c(=O)[nH]c(=O)n2C. The monoisotopic (exact) mass is 319 g/mol. The molecule has 4 heterocycles. The van der Waals surface area contributed by atoms with Crippen LogP contribution in [0.2, 0.25) is 0 Å². The van der Waals surface area contributed by atoms with Gasteiger partial charge in [-0.2, -0.15) is 4.98 Å². The molecule has 1 spiro atoms. The fourth-order valence-corrected chi connectivity index (χ4v) is 3.93. The normalized spacial score (nSPS) is 24.9. The largest absolute Gasteiger partial charge is 0.381 e. The van der Waals surface area contributed by atoms with E-state index >= 15 is 0 Å². The number of ether oxygens (including phenoxy) is 1. The lowest BCUT2D eigenvalue weighted by Gasteiger charge is -2.39. The van der Waals surface area contributed by atoms with Crippen molar-refractivity contribution >= 4 is 17.1 Å². The Kier molecular flexibility index (Phi) is 3.12. The van der Waals surface area contributed by atoms with Gasteiger partial charge in [-0.05, 0) is 19.3 Å². The number of aromatic nitrogens is 4. The smallest absolute Gasteiger partial charge is 0.329 e. The van der Waals surface area contributed by atoms with Crippen LogP contribution in [0.15, 0.2) is 9.59 Å². The van der Waals surface area contributed by atoms with Crippen molar-refractivity contribution in [2.75, 3.05) is 31.2 Å². The molecule has 0 aliphatic carbocycles. The van der Waals surface area contributed by atoms with Crippen LogP contribution >= 0.6 is 0 Å². The Hall–Kier alpha value is -2.09. The number of imidazole rings is 1. The highest BCUT2D eigenvalue weighted by atomic mass is 16.5. The third kappa shape index (κ3) is 2.12. The predicted octanol–water partition coefficient (Wildman–Crippen LogP) is -0.0328. The fourth-order valence-electron chi connectivity index (χ4n) is 3.93. The van der Waals surface area contributed by atoms with E-state index in [0.29, 0.717) is 11.2 Å². The van der Waals surface area contributed by atoms with Gasteiger partial charge in [0.05, 0.1) is 6.61 Å². The number of nitrogens with one attached hydrogen (secondary N) is 1. The van der Waals surface area contributed by atoms with E-state index in [0.717, 1.165) is 45.1 Å². The zero-order chi connectivity index (χ0) is 16.2. The molecule has 2 saturated heterocycles. The molecule has 0 radical (unpaired) electrons. The number of fused-ring (bicyclic) bond motifs is 1. The van der Waals surface area contributed by atoms with Crippen LogP contribution in [0.3, 0.4) is 0 Å². The van der Waals surface area contributed by atoms with E-state index in [4.69, 9.17) is 4.74 Å². The molecular formula is C15H21N5O3. The second-order valence-electron chi connectivity index (χ2n) is 6.79. The van der Waals surface area contributed by atoms with Gasteiger partial charge in [0.25, 0.3) is 5.56 Å². The average molecular weight is 319 g/mol. The Bertz CT molecular complexity index is 872.